The summed E-state index contributed by atoms with van der Waals surface area (Å²) in [6, 6.07) is 0.988. The molecule has 1 aliphatic heterocycles. The first-order valence-electron chi connectivity index (χ1n) is 7.53. The Morgan fingerprint density at radius 1 is 1.26 bits per heavy atom. The van der Waals surface area contributed by atoms with Crippen LogP contribution in [0.3, 0.4) is 0 Å². The Hall–Kier alpha value is -0.940. The highest BCUT2D eigenvalue weighted by atomic mass is 16.5. The molecule has 19 heavy (non-hydrogen) atoms. The van der Waals surface area contributed by atoms with E-state index >= 15 is 0 Å². The molecule has 1 saturated heterocycles. The minimum atomic E-state index is 0.349. The molecule has 2 atom stereocenters. The lowest BCUT2D eigenvalue weighted by molar-refractivity contribution is 0.187. The highest BCUT2D eigenvalue weighted by molar-refractivity contribution is 5.09. The van der Waals surface area contributed by atoms with Gasteiger partial charge in [0.1, 0.15) is 11.6 Å². The van der Waals surface area contributed by atoms with E-state index in [4.69, 9.17) is 4.74 Å². The van der Waals surface area contributed by atoms with Crippen LogP contribution >= 0.6 is 0 Å². The van der Waals surface area contributed by atoms with Gasteiger partial charge in [0, 0.05) is 12.1 Å². The van der Waals surface area contributed by atoms with Crippen LogP contribution in [-0.2, 0) is 4.74 Å². The van der Waals surface area contributed by atoms with E-state index in [-0.39, 0.29) is 0 Å². The lowest BCUT2D eigenvalue weighted by Gasteiger charge is -2.22. The molecule has 5 nitrogen and oxygen atoms in total. The van der Waals surface area contributed by atoms with E-state index < -0.39 is 0 Å². The molecule has 0 amide bonds. The van der Waals surface area contributed by atoms with Crippen molar-refractivity contribution in [3.05, 3.63) is 11.6 Å². The maximum Gasteiger partial charge on any atom is 0.140 e. The molecule has 3 rings (SSSR count). The molecule has 1 aromatic rings. The number of aromatic nitrogens is 3. The Morgan fingerprint density at radius 3 is 2.79 bits per heavy atom. The van der Waals surface area contributed by atoms with E-state index in [1.807, 2.05) is 0 Å². The van der Waals surface area contributed by atoms with E-state index in [1.165, 1.54) is 25.7 Å². The minimum Gasteiger partial charge on any atom is -0.379 e. The highest BCUT2D eigenvalue weighted by Crippen LogP contribution is 2.34. The quantitative estimate of drug-likeness (QED) is 0.901. The van der Waals surface area contributed by atoms with Gasteiger partial charge < -0.3 is 14.6 Å². The van der Waals surface area contributed by atoms with Gasteiger partial charge in [-0.1, -0.05) is 19.8 Å². The van der Waals surface area contributed by atoms with Crippen LogP contribution in [0.1, 0.15) is 56.2 Å². The number of hydrogen-bond donors (Lipinski definition) is 1. The predicted molar refractivity (Wildman–Crippen MR) is 73.3 cm³/mol. The standard InChI is InChI=1S/C14H24N4O/c1-3-15-13-9-19-8-12(13)14-17-16-10(2)18(14)11-6-4-5-7-11/h11-13,15H,3-9H2,1-2H3. The third-order valence-electron chi connectivity index (χ3n) is 4.46. The van der Waals surface area contributed by atoms with Crippen LogP contribution in [0.15, 0.2) is 0 Å². The van der Waals surface area contributed by atoms with Crippen molar-refractivity contribution in [1.29, 1.82) is 0 Å². The number of nitrogens with zero attached hydrogens (tertiary/aromatic N) is 3. The van der Waals surface area contributed by atoms with Gasteiger partial charge in [0.2, 0.25) is 0 Å². The topological polar surface area (TPSA) is 52.0 Å². The van der Waals surface area contributed by atoms with Gasteiger partial charge in [-0.15, -0.1) is 10.2 Å². The van der Waals surface area contributed by atoms with E-state index in [9.17, 15) is 0 Å². The second-order valence-electron chi connectivity index (χ2n) is 5.72. The lowest BCUT2D eigenvalue weighted by Crippen LogP contribution is -2.35. The molecule has 0 radical (unpaired) electrons. The number of aryl methyl sites for hydroxylation is 1. The number of hydrogen-bond acceptors (Lipinski definition) is 4. The Kier molecular flexibility index (Phi) is 3.84. The lowest BCUT2D eigenvalue weighted by atomic mass is 10.0. The van der Waals surface area contributed by atoms with Crippen LogP contribution < -0.4 is 5.32 Å². The monoisotopic (exact) mass is 264 g/mol. The van der Waals surface area contributed by atoms with E-state index in [1.54, 1.807) is 0 Å². The Balaban J connectivity index is 1.87. The zero-order valence-electron chi connectivity index (χ0n) is 11.9. The highest BCUT2D eigenvalue weighted by Gasteiger charge is 2.35. The van der Waals surface area contributed by atoms with Gasteiger partial charge in [0.15, 0.2) is 0 Å². The molecule has 1 saturated carbocycles. The summed E-state index contributed by atoms with van der Waals surface area (Å²) in [6.07, 6.45) is 5.20. The summed E-state index contributed by atoms with van der Waals surface area (Å²) < 4.78 is 8.05. The van der Waals surface area contributed by atoms with Crippen LogP contribution in [0.5, 0.6) is 0 Å². The molecule has 2 heterocycles. The van der Waals surface area contributed by atoms with E-state index in [0.29, 0.717) is 18.0 Å². The average molecular weight is 264 g/mol. The smallest absolute Gasteiger partial charge is 0.140 e. The molecular formula is C14H24N4O. The van der Waals surface area contributed by atoms with Crippen molar-refractivity contribution in [2.75, 3.05) is 19.8 Å². The van der Waals surface area contributed by atoms with Crippen LogP contribution in [0.25, 0.3) is 0 Å². The first-order chi connectivity index (χ1) is 9.31. The first kappa shape index (κ1) is 13.1. The summed E-state index contributed by atoms with van der Waals surface area (Å²) in [5.41, 5.74) is 0. The van der Waals surface area contributed by atoms with Crippen molar-refractivity contribution in [3.8, 4) is 0 Å². The average Bonchev–Trinajstić information content (AvgIpc) is 3.08. The molecule has 1 aromatic heterocycles. The number of likely N-dealkylation sites (N-methyl/N-ethyl adjacent to an activating group) is 1. The second kappa shape index (κ2) is 5.59. The van der Waals surface area contributed by atoms with Crippen molar-refractivity contribution in [3.63, 3.8) is 0 Å². The zero-order chi connectivity index (χ0) is 13.2. The van der Waals surface area contributed by atoms with Crippen LogP contribution in [0, 0.1) is 6.92 Å². The normalized spacial score (nSPS) is 28.3. The van der Waals surface area contributed by atoms with Gasteiger partial charge in [-0.2, -0.15) is 0 Å². The summed E-state index contributed by atoms with van der Waals surface area (Å²) in [4.78, 5) is 0. The van der Waals surface area contributed by atoms with Gasteiger partial charge >= 0.3 is 0 Å². The number of nitrogens with one attached hydrogen (secondary N) is 1. The van der Waals surface area contributed by atoms with E-state index in [0.717, 1.165) is 31.4 Å². The number of ether oxygens (including phenoxy) is 1. The van der Waals surface area contributed by atoms with Crippen molar-refractivity contribution >= 4 is 0 Å². The molecule has 2 aliphatic rings. The third kappa shape index (κ3) is 2.41. The largest absolute Gasteiger partial charge is 0.379 e. The third-order valence-corrected chi connectivity index (χ3v) is 4.46. The van der Waals surface area contributed by atoms with Gasteiger partial charge in [0.25, 0.3) is 0 Å². The van der Waals surface area contributed by atoms with E-state index in [2.05, 4.69) is 33.9 Å². The molecule has 1 N–H and O–H groups in total. The van der Waals surface area contributed by atoms with Gasteiger partial charge in [-0.25, -0.2) is 0 Å². The fourth-order valence-electron chi connectivity index (χ4n) is 3.52. The molecule has 0 spiro atoms. The molecule has 5 heteroatoms. The summed E-state index contributed by atoms with van der Waals surface area (Å²) in [5.74, 6) is 2.54. The predicted octanol–water partition coefficient (Wildman–Crippen LogP) is 1.79. The molecule has 2 unspecified atom stereocenters. The molecule has 2 fully saturated rings. The van der Waals surface area contributed by atoms with Crippen LogP contribution in [0.4, 0.5) is 0 Å². The molecular weight excluding hydrogens is 240 g/mol. The van der Waals surface area contributed by atoms with Gasteiger partial charge in [-0.05, 0) is 26.3 Å². The molecule has 0 bridgehead atoms. The minimum absolute atomic E-state index is 0.349. The fourth-order valence-corrected chi connectivity index (χ4v) is 3.52. The Labute approximate surface area is 114 Å². The fraction of sp³-hybridized carbons (Fsp3) is 0.857. The van der Waals surface area contributed by atoms with Crippen LogP contribution in [-0.4, -0.2) is 40.6 Å². The van der Waals surface area contributed by atoms with Gasteiger partial charge in [0.05, 0.1) is 19.1 Å². The maximum atomic E-state index is 5.66. The summed E-state index contributed by atoms with van der Waals surface area (Å²) >= 11 is 0. The maximum absolute atomic E-state index is 5.66. The summed E-state index contributed by atoms with van der Waals surface area (Å²) in [6.45, 7) is 6.74. The summed E-state index contributed by atoms with van der Waals surface area (Å²) in [7, 11) is 0. The molecule has 106 valence electrons. The molecule has 1 aliphatic carbocycles. The van der Waals surface area contributed by atoms with Crippen molar-refractivity contribution in [2.24, 2.45) is 0 Å². The number of rotatable bonds is 4. The summed E-state index contributed by atoms with van der Waals surface area (Å²) in [5, 5.41) is 12.3. The Morgan fingerprint density at radius 2 is 2.05 bits per heavy atom. The second-order valence-corrected chi connectivity index (χ2v) is 5.72. The zero-order valence-corrected chi connectivity index (χ0v) is 11.9. The van der Waals surface area contributed by atoms with Crippen molar-refractivity contribution in [2.45, 2.75) is 57.5 Å². The van der Waals surface area contributed by atoms with Crippen molar-refractivity contribution < 1.29 is 4.74 Å². The Bertz CT molecular complexity index is 425. The van der Waals surface area contributed by atoms with Crippen molar-refractivity contribution in [1.82, 2.24) is 20.1 Å². The van der Waals surface area contributed by atoms with Gasteiger partial charge in [-0.3, -0.25) is 0 Å². The first-order valence-corrected chi connectivity index (χ1v) is 7.53. The SMILES string of the molecule is CCNC1COCC1c1nnc(C)n1C1CCCC1. The molecule has 0 aromatic carbocycles. The van der Waals surface area contributed by atoms with Crippen LogP contribution in [0.2, 0.25) is 0 Å².